The maximum Gasteiger partial charge on any atom is 0.231 e. The largest absolute Gasteiger partial charge is 0.494 e. The number of amides is 2. The van der Waals surface area contributed by atoms with Crippen molar-refractivity contribution >= 4 is 39.6 Å². The first-order valence-corrected chi connectivity index (χ1v) is 13.2. The molecule has 1 aliphatic rings. The fourth-order valence-corrected chi connectivity index (χ4v) is 5.51. The first kappa shape index (κ1) is 24.4. The number of rotatable bonds is 10. The molecule has 1 fully saturated rings. The molecule has 0 radical (unpaired) electrons. The lowest BCUT2D eigenvalue weighted by molar-refractivity contribution is -0.121. The van der Waals surface area contributed by atoms with Crippen LogP contribution >= 0.6 is 22.7 Å². The van der Waals surface area contributed by atoms with E-state index in [1.54, 1.807) is 11.3 Å². The van der Waals surface area contributed by atoms with Crippen LogP contribution in [0.1, 0.15) is 35.9 Å². The van der Waals surface area contributed by atoms with E-state index in [0.29, 0.717) is 43.6 Å². The molecule has 0 saturated carbocycles. The van der Waals surface area contributed by atoms with E-state index in [4.69, 9.17) is 9.47 Å². The van der Waals surface area contributed by atoms with Gasteiger partial charge in [0, 0.05) is 35.4 Å². The van der Waals surface area contributed by atoms with Crippen molar-refractivity contribution < 1.29 is 19.1 Å². The predicted octanol–water partition coefficient (Wildman–Crippen LogP) is 4.19. The standard InChI is InChI=1S/C25H29N3O4S2/c1-2-32-20-7-5-18(6-8-20)25(9-11-31-12-10-25)17-26-22(29)14-19-16-34-24(27-19)28-23(30)15-21-4-3-13-33-21/h3-8,13,16H,2,9-12,14-15,17H2,1H3,(H,26,29)(H,27,28,30). The van der Waals surface area contributed by atoms with E-state index in [9.17, 15) is 9.59 Å². The van der Waals surface area contributed by atoms with E-state index in [1.807, 2.05) is 41.9 Å². The highest BCUT2D eigenvalue weighted by molar-refractivity contribution is 7.14. The summed E-state index contributed by atoms with van der Waals surface area (Å²) in [6, 6.07) is 12.0. The number of benzene rings is 1. The molecule has 0 unspecified atom stereocenters. The minimum atomic E-state index is -0.165. The Bertz CT molecular complexity index is 1070. The molecule has 180 valence electrons. The average Bonchev–Trinajstić information content (AvgIpc) is 3.51. The van der Waals surface area contributed by atoms with Crippen molar-refractivity contribution in [3.8, 4) is 5.75 Å². The van der Waals surface area contributed by atoms with Gasteiger partial charge in [0.1, 0.15) is 5.75 Å². The Morgan fingerprint density at radius 1 is 1.09 bits per heavy atom. The van der Waals surface area contributed by atoms with Gasteiger partial charge >= 0.3 is 0 Å². The molecule has 0 atom stereocenters. The lowest BCUT2D eigenvalue weighted by atomic mass is 9.74. The molecule has 4 rings (SSSR count). The van der Waals surface area contributed by atoms with Crippen molar-refractivity contribution in [1.82, 2.24) is 10.3 Å². The average molecular weight is 500 g/mol. The molecule has 2 N–H and O–H groups in total. The predicted molar refractivity (Wildman–Crippen MR) is 135 cm³/mol. The second-order valence-electron chi connectivity index (χ2n) is 8.25. The topological polar surface area (TPSA) is 89.6 Å². The maximum atomic E-state index is 12.7. The first-order chi connectivity index (χ1) is 16.6. The van der Waals surface area contributed by atoms with Crippen LogP contribution in [0, 0.1) is 0 Å². The summed E-state index contributed by atoms with van der Waals surface area (Å²) in [6.07, 6.45) is 2.19. The van der Waals surface area contributed by atoms with Crippen LogP contribution < -0.4 is 15.4 Å². The number of anilines is 1. The van der Waals surface area contributed by atoms with Gasteiger partial charge in [0.15, 0.2) is 5.13 Å². The van der Waals surface area contributed by atoms with E-state index in [-0.39, 0.29) is 23.7 Å². The Morgan fingerprint density at radius 3 is 2.59 bits per heavy atom. The SMILES string of the molecule is CCOc1ccc(C2(CNC(=O)Cc3csc(NC(=O)Cc4cccs4)n3)CCOCC2)cc1. The van der Waals surface area contributed by atoms with Crippen LogP contribution in [0.4, 0.5) is 5.13 Å². The molecule has 3 heterocycles. The van der Waals surface area contributed by atoms with Crippen molar-refractivity contribution in [3.05, 3.63) is 63.3 Å². The number of carbonyl (C=O) groups excluding carboxylic acids is 2. The third kappa shape index (κ3) is 6.43. The highest BCUT2D eigenvalue weighted by Crippen LogP contribution is 2.35. The second-order valence-corrected chi connectivity index (χ2v) is 10.1. The number of hydrogen-bond donors (Lipinski definition) is 2. The Morgan fingerprint density at radius 2 is 1.88 bits per heavy atom. The van der Waals surface area contributed by atoms with Crippen LogP contribution in [-0.2, 0) is 32.6 Å². The Kier molecular flexibility index (Phi) is 8.31. The highest BCUT2D eigenvalue weighted by atomic mass is 32.1. The zero-order valence-corrected chi connectivity index (χ0v) is 20.8. The second kappa shape index (κ2) is 11.6. The molecule has 0 bridgehead atoms. The zero-order chi connectivity index (χ0) is 23.8. The summed E-state index contributed by atoms with van der Waals surface area (Å²) in [5.74, 6) is 0.655. The van der Waals surface area contributed by atoms with Crippen molar-refractivity contribution in [2.45, 2.75) is 38.0 Å². The molecule has 2 aromatic heterocycles. The molecule has 2 amide bonds. The van der Waals surface area contributed by atoms with Crippen LogP contribution in [0.5, 0.6) is 5.75 Å². The van der Waals surface area contributed by atoms with Crippen molar-refractivity contribution in [3.63, 3.8) is 0 Å². The smallest absolute Gasteiger partial charge is 0.231 e. The van der Waals surface area contributed by atoms with Gasteiger partial charge in [0.25, 0.3) is 0 Å². The minimum Gasteiger partial charge on any atom is -0.494 e. The summed E-state index contributed by atoms with van der Waals surface area (Å²) in [5.41, 5.74) is 1.67. The van der Waals surface area contributed by atoms with Crippen LogP contribution in [0.15, 0.2) is 47.2 Å². The van der Waals surface area contributed by atoms with E-state index in [1.165, 1.54) is 16.9 Å². The lowest BCUT2D eigenvalue weighted by Gasteiger charge is -2.38. The summed E-state index contributed by atoms with van der Waals surface area (Å²) in [6.45, 7) is 4.48. The van der Waals surface area contributed by atoms with E-state index in [2.05, 4.69) is 27.8 Å². The number of thiophene rings is 1. The molecule has 9 heteroatoms. The van der Waals surface area contributed by atoms with Crippen molar-refractivity contribution in [1.29, 1.82) is 0 Å². The Hall–Kier alpha value is -2.75. The van der Waals surface area contributed by atoms with Crippen molar-refractivity contribution in [2.24, 2.45) is 0 Å². The number of nitrogens with zero attached hydrogens (tertiary/aromatic N) is 1. The Labute approximate surface area is 207 Å². The van der Waals surface area contributed by atoms with Gasteiger partial charge in [-0.05, 0) is 48.9 Å². The molecule has 3 aromatic rings. The van der Waals surface area contributed by atoms with Gasteiger partial charge in [-0.1, -0.05) is 18.2 Å². The molecule has 34 heavy (non-hydrogen) atoms. The number of carbonyl (C=O) groups is 2. The fraction of sp³-hybridized carbons (Fsp3) is 0.400. The molecule has 1 aromatic carbocycles. The van der Waals surface area contributed by atoms with Gasteiger partial charge in [-0.15, -0.1) is 22.7 Å². The van der Waals surface area contributed by atoms with E-state index < -0.39 is 0 Å². The molecule has 7 nitrogen and oxygen atoms in total. The number of nitrogens with one attached hydrogen (secondary N) is 2. The molecule has 1 saturated heterocycles. The minimum absolute atomic E-state index is 0.0847. The number of thiazole rings is 1. The summed E-state index contributed by atoms with van der Waals surface area (Å²) >= 11 is 2.88. The maximum absolute atomic E-state index is 12.7. The van der Waals surface area contributed by atoms with Gasteiger partial charge in [-0.3, -0.25) is 9.59 Å². The lowest BCUT2D eigenvalue weighted by Crippen LogP contribution is -2.45. The number of aromatic nitrogens is 1. The van der Waals surface area contributed by atoms with Gasteiger partial charge in [-0.25, -0.2) is 4.98 Å². The molecular weight excluding hydrogens is 470 g/mol. The normalized spacial score (nSPS) is 15.0. The number of hydrogen-bond acceptors (Lipinski definition) is 7. The van der Waals surface area contributed by atoms with Crippen LogP contribution in [0.3, 0.4) is 0 Å². The summed E-state index contributed by atoms with van der Waals surface area (Å²) < 4.78 is 11.2. The van der Waals surface area contributed by atoms with E-state index >= 15 is 0 Å². The third-order valence-corrected chi connectivity index (χ3v) is 7.59. The Balaban J connectivity index is 1.32. The quantitative estimate of drug-likeness (QED) is 0.437. The third-order valence-electron chi connectivity index (χ3n) is 5.91. The van der Waals surface area contributed by atoms with Crippen LogP contribution in [0.2, 0.25) is 0 Å². The molecule has 1 aliphatic heterocycles. The number of ether oxygens (including phenoxy) is 2. The monoisotopic (exact) mass is 499 g/mol. The van der Waals surface area contributed by atoms with Gasteiger partial charge in [-0.2, -0.15) is 0 Å². The van der Waals surface area contributed by atoms with Gasteiger partial charge < -0.3 is 20.1 Å². The highest BCUT2D eigenvalue weighted by Gasteiger charge is 2.35. The van der Waals surface area contributed by atoms with E-state index in [0.717, 1.165) is 23.5 Å². The van der Waals surface area contributed by atoms with Crippen molar-refractivity contribution in [2.75, 3.05) is 31.7 Å². The van der Waals surface area contributed by atoms with Gasteiger partial charge in [0.2, 0.25) is 11.8 Å². The fourth-order valence-electron chi connectivity index (χ4n) is 4.08. The molecule has 0 aliphatic carbocycles. The zero-order valence-electron chi connectivity index (χ0n) is 19.2. The summed E-state index contributed by atoms with van der Waals surface area (Å²) in [5, 5.41) is 10.2. The summed E-state index contributed by atoms with van der Waals surface area (Å²) in [7, 11) is 0. The van der Waals surface area contributed by atoms with Crippen LogP contribution in [-0.4, -0.2) is 43.2 Å². The van der Waals surface area contributed by atoms with Crippen LogP contribution in [0.25, 0.3) is 0 Å². The van der Waals surface area contributed by atoms with Gasteiger partial charge in [0.05, 0.1) is 25.1 Å². The molecular formula is C25H29N3O4S2. The first-order valence-electron chi connectivity index (χ1n) is 11.4. The summed E-state index contributed by atoms with van der Waals surface area (Å²) in [4.78, 5) is 30.3. The molecule has 0 spiro atoms.